The summed E-state index contributed by atoms with van der Waals surface area (Å²) < 4.78 is 19.4. The quantitative estimate of drug-likeness (QED) is 0.0516. The summed E-state index contributed by atoms with van der Waals surface area (Å²) >= 11 is 0. The lowest BCUT2D eigenvalue weighted by Gasteiger charge is -2.31. The van der Waals surface area contributed by atoms with Gasteiger partial charge in [-0.1, -0.05) is 176 Å². The van der Waals surface area contributed by atoms with Crippen molar-refractivity contribution in [2.24, 2.45) is 0 Å². The minimum Gasteiger partial charge on any atom is -0.445 e. The third-order valence-corrected chi connectivity index (χ3v) is 12.0. The minimum atomic E-state index is -0.459. The van der Waals surface area contributed by atoms with Crippen molar-refractivity contribution in [1.82, 2.24) is 4.90 Å². The molecule has 0 spiro atoms. The zero-order valence-corrected chi connectivity index (χ0v) is 37.0. The Kier molecular flexibility index (Phi) is 27.6. The number of hydrogen-bond donors (Lipinski definition) is 0. The maximum atomic E-state index is 12.9. The number of amides is 1. The van der Waals surface area contributed by atoms with E-state index in [9.17, 15) is 4.79 Å². The molecular weight excluding hydrogens is 703 g/mol. The first-order valence-electron chi connectivity index (χ1n) is 24.0. The molecule has 3 rings (SSSR count). The summed E-state index contributed by atoms with van der Waals surface area (Å²) in [6, 6.07) is 9.97. The van der Waals surface area contributed by atoms with Gasteiger partial charge in [0, 0.05) is 25.9 Å². The van der Waals surface area contributed by atoms with E-state index in [0.29, 0.717) is 6.61 Å². The molecule has 1 amide bonds. The average molecular weight is 788 g/mol. The summed E-state index contributed by atoms with van der Waals surface area (Å²) in [4.78, 5) is 14.7. The van der Waals surface area contributed by atoms with E-state index in [2.05, 4.69) is 62.5 Å². The molecule has 1 saturated heterocycles. The Labute approximate surface area is 351 Å². The standard InChI is InChI=1S/C52H85NO4/c1-4-6-8-10-12-14-16-18-20-22-24-26-28-30-32-34-39-43-52(42-38-33-31-29-27-25-23-21-19-17-15-13-11-9-7-5-2)56-49-44-48(45-50(49)57-52)53(3)51(54)55-46-47-40-36-35-37-41-47/h12-15,18-21,35-37,40-41,48-50H,4-11,16-17,22-34,38-39,42-46H2,1-3H3/b14-12-,15-13-,20-18-,21-19-/t48?,49-,50+,52?. The van der Waals surface area contributed by atoms with E-state index in [1.54, 1.807) is 4.90 Å². The lowest BCUT2D eigenvalue weighted by atomic mass is 9.98. The third-order valence-electron chi connectivity index (χ3n) is 12.0. The molecule has 1 aromatic rings. The number of nitrogens with zero attached hydrogens (tertiary/aromatic N) is 1. The largest absolute Gasteiger partial charge is 0.445 e. The molecule has 5 nitrogen and oxygen atoms in total. The molecule has 2 aliphatic rings. The minimum absolute atomic E-state index is 0.0554. The van der Waals surface area contributed by atoms with Crippen LogP contribution in [-0.2, 0) is 20.8 Å². The Bertz CT molecular complexity index is 1220. The van der Waals surface area contributed by atoms with Gasteiger partial charge in [0.2, 0.25) is 0 Å². The fraction of sp³-hybridized carbons (Fsp3) is 0.712. The van der Waals surface area contributed by atoms with Crippen molar-refractivity contribution in [3.63, 3.8) is 0 Å². The Morgan fingerprint density at radius 3 is 1.44 bits per heavy atom. The molecule has 1 saturated carbocycles. The fourth-order valence-corrected chi connectivity index (χ4v) is 8.35. The summed E-state index contributed by atoms with van der Waals surface area (Å²) in [6.07, 6.45) is 53.8. The van der Waals surface area contributed by atoms with Gasteiger partial charge in [-0.15, -0.1) is 0 Å². The zero-order chi connectivity index (χ0) is 40.5. The van der Waals surface area contributed by atoms with Crippen LogP contribution in [0.1, 0.15) is 206 Å². The first-order chi connectivity index (χ1) is 28.1. The van der Waals surface area contributed by atoms with E-state index in [1.165, 1.54) is 135 Å². The SMILES string of the molecule is CCCCC/C=C\C/C=C\CCCCCCCCCC1(CCCCCCCC/C=C\C/C=C\CCCCC)O[C@H]2CC(N(C)C(=O)OCc3ccccc3)C[C@H]2O1. The third kappa shape index (κ3) is 22.4. The van der Waals surface area contributed by atoms with Gasteiger partial charge >= 0.3 is 6.09 Å². The van der Waals surface area contributed by atoms with Crippen LogP contribution in [0.4, 0.5) is 4.79 Å². The van der Waals surface area contributed by atoms with Gasteiger partial charge in [-0.25, -0.2) is 4.79 Å². The zero-order valence-electron chi connectivity index (χ0n) is 37.0. The van der Waals surface area contributed by atoms with E-state index < -0.39 is 5.79 Å². The van der Waals surface area contributed by atoms with E-state index in [0.717, 1.165) is 56.9 Å². The molecule has 0 bridgehead atoms. The van der Waals surface area contributed by atoms with Gasteiger partial charge in [0.25, 0.3) is 0 Å². The van der Waals surface area contributed by atoms with Gasteiger partial charge in [-0.3, -0.25) is 0 Å². The van der Waals surface area contributed by atoms with Crippen LogP contribution in [0.3, 0.4) is 0 Å². The highest BCUT2D eigenvalue weighted by atomic mass is 16.8. The Morgan fingerprint density at radius 1 is 0.596 bits per heavy atom. The molecule has 322 valence electrons. The monoisotopic (exact) mass is 788 g/mol. The van der Waals surface area contributed by atoms with Crippen LogP contribution in [0, 0.1) is 0 Å². The molecule has 5 heteroatoms. The number of carbonyl (C=O) groups is 1. The normalized spacial score (nSPS) is 20.9. The number of ether oxygens (including phenoxy) is 3. The van der Waals surface area contributed by atoms with Crippen LogP contribution in [0.2, 0.25) is 0 Å². The van der Waals surface area contributed by atoms with Crippen molar-refractivity contribution < 1.29 is 19.0 Å². The molecule has 1 aliphatic heterocycles. The molecule has 1 heterocycles. The van der Waals surface area contributed by atoms with Crippen molar-refractivity contribution in [2.45, 2.75) is 231 Å². The van der Waals surface area contributed by atoms with Crippen molar-refractivity contribution in [1.29, 1.82) is 0 Å². The van der Waals surface area contributed by atoms with Crippen molar-refractivity contribution in [2.75, 3.05) is 7.05 Å². The van der Waals surface area contributed by atoms with Gasteiger partial charge in [-0.2, -0.15) is 0 Å². The van der Waals surface area contributed by atoms with E-state index in [4.69, 9.17) is 14.2 Å². The summed E-state index contributed by atoms with van der Waals surface area (Å²) in [6.45, 7) is 4.82. The van der Waals surface area contributed by atoms with Crippen LogP contribution < -0.4 is 0 Å². The van der Waals surface area contributed by atoms with Crippen LogP contribution in [0.5, 0.6) is 0 Å². The second kappa shape index (κ2) is 32.2. The number of fused-ring (bicyclic) bond motifs is 1. The van der Waals surface area contributed by atoms with Gasteiger partial charge in [0.05, 0.1) is 12.2 Å². The molecule has 1 aromatic carbocycles. The molecule has 2 fully saturated rings. The summed E-state index contributed by atoms with van der Waals surface area (Å²) in [7, 11) is 1.86. The van der Waals surface area contributed by atoms with Gasteiger partial charge in [0.15, 0.2) is 5.79 Å². The maximum absolute atomic E-state index is 12.9. The number of benzene rings is 1. The number of unbranched alkanes of at least 4 members (excludes halogenated alkanes) is 19. The number of carbonyl (C=O) groups excluding carboxylic acids is 1. The van der Waals surface area contributed by atoms with Crippen LogP contribution >= 0.6 is 0 Å². The van der Waals surface area contributed by atoms with Crippen molar-refractivity contribution >= 4 is 6.09 Å². The van der Waals surface area contributed by atoms with E-state index >= 15 is 0 Å². The Hall–Kier alpha value is -2.63. The van der Waals surface area contributed by atoms with Crippen LogP contribution in [0.25, 0.3) is 0 Å². The van der Waals surface area contributed by atoms with Crippen molar-refractivity contribution in [3.8, 4) is 0 Å². The first kappa shape index (κ1) is 48.7. The second-order valence-electron chi connectivity index (χ2n) is 17.0. The highest BCUT2D eigenvalue weighted by Gasteiger charge is 2.52. The maximum Gasteiger partial charge on any atom is 0.410 e. The number of rotatable bonds is 34. The van der Waals surface area contributed by atoms with Gasteiger partial charge in [-0.05, 0) is 95.5 Å². The predicted molar refractivity (Wildman–Crippen MR) is 242 cm³/mol. The lowest BCUT2D eigenvalue weighted by Crippen LogP contribution is -2.38. The highest BCUT2D eigenvalue weighted by Crippen LogP contribution is 2.45. The average Bonchev–Trinajstić information content (AvgIpc) is 3.77. The molecule has 57 heavy (non-hydrogen) atoms. The first-order valence-corrected chi connectivity index (χ1v) is 24.0. The van der Waals surface area contributed by atoms with E-state index in [-0.39, 0.29) is 24.3 Å². The molecule has 1 aliphatic carbocycles. The highest BCUT2D eigenvalue weighted by molar-refractivity contribution is 5.67. The Balaban J connectivity index is 1.32. The molecule has 0 N–H and O–H groups in total. The second-order valence-corrected chi connectivity index (χ2v) is 17.0. The lowest BCUT2D eigenvalue weighted by molar-refractivity contribution is -0.192. The van der Waals surface area contributed by atoms with Crippen molar-refractivity contribution in [3.05, 3.63) is 84.5 Å². The smallest absolute Gasteiger partial charge is 0.410 e. The molecule has 4 atom stereocenters. The van der Waals surface area contributed by atoms with Gasteiger partial charge < -0.3 is 19.1 Å². The number of hydrogen-bond acceptors (Lipinski definition) is 4. The molecular formula is C52H85NO4. The van der Waals surface area contributed by atoms with Gasteiger partial charge in [0.1, 0.15) is 6.61 Å². The van der Waals surface area contributed by atoms with Crippen LogP contribution in [-0.4, -0.2) is 42.1 Å². The summed E-state index contributed by atoms with van der Waals surface area (Å²) in [5.74, 6) is -0.459. The topological polar surface area (TPSA) is 48.0 Å². The van der Waals surface area contributed by atoms with Crippen LogP contribution in [0.15, 0.2) is 78.9 Å². The van der Waals surface area contributed by atoms with E-state index in [1.807, 2.05) is 37.4 Å². The molecule has 0 radical (unpaired) electrons. The number of allylic oxidation sites excluding steroid dienone is 8. The summed E-state index contributed by atoms with van der Waals surface area (Å²) in [5, 5.41) is 0. The molecule has 2 unspecified atom stereocenters. The Morgan fingerprint density at radius 2 is 1.00 bits per heavy atom. The fourth-order valence-electron chi connectivity index (χ4n) is 8.35. The molecule has 0 aromatic heterocycles. The predicted octanol–water partition coefficient (Wildman–Crippen LogP) is 15.7. The summed E-state index contributed by atoms with van der Waals surface area (Å²) in [5.41, 5.74) is 1.00.